The fourth-order valence-corrected chi connectivity index (χ4v) is 3.70. The number of nitrogens with zero attached hydrogens (tertiary/aromatic N) is 1. The quantitative estimate of drug-likeness (QED) is 0.803. The van der Waals surface area contributed by atoms with Crippen molar-refractivity contribution in [1.29, 1.82) is 0 Å². The van der Waals surface area contributed by atoms with Crippen LogP contribution in [0.3, 0.4) is 0 Å². The molecule has 1 saturated carbocycles. The van der Waals surface area contributed by atoms with E-state index < -0.39 is 11.5 Å². The van der Waals surface area contributed by atoms with E-state index in [0.29, 0.717) is 26.1 Å². The summed E-state index contributed by atoms with van der Waals surface area (Å²) >= 11 is 0. The molecular weight excluding hydrogens is 268 g/mol. The Bertz CT molecular complexity index is 378. The molecule has 5 heteroatoms. The zero-order valence-corrected chi connectivity index (χ0v) is 13.1. The standard InChI is InChI=1S/C16H28N2O3/c1-2-21-14(19)13-8-4-7-11-18(13)15(20)16(12-17)9-5-3-6-10-16/h13H,2-12,17H2,1H3. The molecule has 2 aliphatic rings. The van der Waals surface area contributed by atoms with E-state index in [0.717, 1.165) is 38.5 Å². The smallest absolute Gasteiger partial charge is 0.328 e. The summed E-state index contributed by atoms with van der Waals surface area (Å²) < 4.78 is 5.15. The zero-order valence-electron chi connectivity index (χ0n) is 13.1. The first kappa shape index (κ1) is 16.3. The lowest BCUT2D eigenvalue weighted by atomic mass is 9.72. The molecule has 0 aromatic rings. The first-order chi connectivity index (χ1) is 10.1. The summed E-state index contributed by atoms with van der Waals surface area (Å²) in [4.78, 5) is 27.0. The van der Waals surface area contributed by atoms with Crippen molar-refractivity contribution in [2.45, 2.75) is 64.3 Å². The van der Waals surface area contributed by atoms with Gasteiger partial charge < -0.3 is 15.4 Å². The van der Waals surface area contributed by atoms with Crippen molar-refractivity contribution < 1.29 is 14.3 Å². The lowest BCUT2D eigenvalue weighted by molar-refractivity contribution is -0.161. The number of likely N-dealkylation sites (tertiary alicyclic amines) is 1. The van der Waals surface area contributed by atoms with E-state index in [4.69, 9.17) is 10.5 Å². The number of carbonyl (C=O) groups excluding carboxylic acids is 2. The summed E-state index contributed by atoms with van der Waals surface area (Å²) in [5, 5.41) is 0. The van der Waals surface area contributed by atoms with Gasteiger partial charge in [0.05, 0.1) is 12.0 Å². The van der Waals surface area contributed by atoms with Crippen LogP contribution in [-0.2, 0) is 14.3 Å². The lowest BCUT2D eigenvalue weighted by Crippen LogP contribution is -2.56. The van der Waals surface area contributed by atoms with Crippen LogP contribution in [0.5, 0.6) is 0 Å². The van der Waals surface area contributed by atoms with Gasteiger partial charge in [-0.3, -0.25) is 4.79 Å². The molecule has 5 nitrogen and oxygen atoms in total. The van der Waals surface area contributed by atoms with Crippen LogP contribution < -0.4 is 5.73 Å². The second-order valence-electron chi connectivity index (χ2n) is 6.31. The van der Waals surface area contributed by atoms with E-state index >= 15 is 0 Å². The summed E-state index contributed by atoms with van der Waals surface area (Å²) in [6, 6.07) is -0.406. The average Bonchev–Trinajstić information content (AvgIpc) is 2.55. The third-order valence-electron chi connectivity index (χ3n) is 4.98. The molecule has 1 atom stereocenters. The second-order valence-corrected chi connectivity index (χ2v) is 6.31. The molecule has 1 amide bonds. The van der Waals surface area contributed by atoms with Crippen LogP contribution in [-0.4, -0.2) is 42.5 Å². The van der Waals surface area contributed by atoms with Crippen molar-refractivity contribution in [3.05, 3.63) is 0 Å². The molecule has 2 rings (SSSR count). The van der Waals surface area contributed by atoms with Crippen molar-refractivity contribution in [3.63, 3.8) is 0 Å². The van der Waals surface area contributed by atoms with Crippen LogP contribution in [0.4, 0.5) is 0 Å². The maximum atomic E-state index is 13.1. The maximum absolute atomic E-state index is 13.1. The molecule has 0 radical (unpaired) electrons. The number of carbonyl (C=O) groups is 2. The van der Waals surface area contributed by atoms with Crippen LogP contribution in [0.2, 0.25) is 0 Å². The number of esters is 1. The summed E-state index contributed by atoms with van der Waals surface area (Å²) in [6.07, 6.45) is 7.65. The molecule has 0 aromatic heterocycles. The first-order valence-corrected chi connectivity index (χ1v) is 8.32. The number of hydrogen-bond acceptors (Lipinski definition) is 4. The highest BCUT2D eigenvalue weighted by atomic mass is 16.5. The number of amides is 1. The van der Waals surface area contributed by atoms with Gasteiger partial charge in [0.1, 0.15) is 6.04 Å². The minimum atomic E-state index is -0.444. The molecule has 1 unspecified atom stereocenters. The van der Waals surface area contributed by atoms with Gasteiger partial charge in [-0.25, -0.2) is 4.79 Å². The fraction of sp³-hybridized carbons (Fsp3) is 0.875. The van der Waals surface area contributed by atoms with E-state index in [-0.39, 0.29) is 11.9 Å². The van der Waals surface area contributed by atoms with Crippen molar-refractivity contribution in [2.75, 3.05) is 19.7 Å². The van der Waals surface area contributed by atoms with Gasteiger partial charge in [-0.2, -0.15) is 0 Å². The number of ether oxygens (including phenoxy) is 1. The molecule has 2 fully saturated rings. The monoisotopic (exact) mass is 296 g/mol. The Labute approximate surface area is 127 Å². The van der Waals surface area contributed by atoms with Gasteiger partial charge in [-0.05, 0) is 39.0 Å². The van der Waals surface area contributed by atoms with Gasteiger partial charge in [0.15, 0.2) is 0 Å². The molecule has 0 spiro atoms. The molecule has 120 valence electrons. The van der Waals surface area contributed by atoms with Crippen LogP contribution in [0.15, 0.2) is 0 Å². The summed E-state index contributed by atoms with van der Waals surface area (Å²) in [5.74, 6) is -0.170. The summed E-state index contributed by atoms with van der Waals surface area (Å²) in [6.45, 7) is 3.21. The van der Waals surface area contributed by atoms with Gasteiger partial charge in [0.25, 0.3) is 0 Å². The van der Waals surface area contributed by atoms with Gasteiger partial charge in [0.2, 0.25) is 5.91 Å². The molecule has 1 aliphatic carbocycles. The Kier molecular flexibility index (Phi) is 5.62. The molecule has 21 heavy (non-hydrogen) atoms. The minimum Gasteiger partial charge on any atom is -0.464 e. The molecule has 0 aromatic carbocycles. The van der Waals surface area contributed by atoms with Crippen molar-refractivity contribution in [3.8, 4) is 0 Å². The average molecular weight is 296 g/mol. The number of nitrogens with two attached hydrogens (primary N) is 1. The van der Waals surface area contributed by atoms with Crippen LogP contribution in [0.25, 0.3) is 0 Å². The number of piperidine rings is 1. The highest BCUT2D eigenvalue weighted by Gasteiger charge is 2.44. The van der Waals surface area contributed by atoms with Crippen molar-refractivity contribution >= 4 is 11.9 Å². The van der Waals surface area contributed by atoms with E-state index in [1.54, 1.807) is 11.8 Å². The van der Waals surface area contributed by atoms with Gasteiger partial charge >= 0.3 is 5.97 Å². The fourth-order valence-electron chi connectivity index (χ4n) is 3.70. The van der Waals surface area contributed by atoms with E-state index in [1.807, 2.05) is 0 Å². The highest BCUT2D eigenvalue weighted by molar-refractivity contribution is 5.88. The Morgan fingerprint density at radius 3 is 2.52 bits per heavy atom. The third-order valence-corrected chi connectivity index (χ3v) is 4.98. The lowest BCUT2D eigenvalue weighted by Gasteiger charge is -2.43. The molecule has 1 saturated heterocycles. The predicted molar refractivity (Wildman–Crippen MR) is 80.6 cm³/mol. The van der Waals surface area contributed by atoms with Crippen LogP contribution in [0.1, 0.15) is 58.3 Å². The molecule has 2 N–H and O–H groups in total. The maximum Gasteiger partial charge on any atom is 0.328 e. The summed E-state index contributed by atoms with van der Waals surface area (Å²) in [5.41, 5.74) is 5.52. The van der Waals surface area contributed by atoms with Gasteiger partial charge in [-0.1, -0.05) is 19.3 Å². The molecular formula is C16H28N2O3. The first-order valence-electron chi connectivity index (χ1n) is 8.32. The van der Waals surface area contributed by atoms with Crippen molar-refractivity contribution in [2.24, 2.45) is 11.1 Å². The highest BCUT2D eigenvalue weighted by Crippen LogP contribution is 2.38. The van der Waals surface area contributed by atoms with Gasteiger partial charge in [-0.15, -0.1) is 0 Å². The Morgan fingerprint density at radius 2 is 1.90 bits per heavy atom. The Morgan fingerprint density at radius 1 is 1.19 bits per heavy atom. The van der Waals surface area contributed by atoms with E-state index in [2.05, 4.69) is 0 Å². The topological polar surface area (TPSA) is 72.6 Å². The molecule has 0 bridgehead atoms. The predicted octanol–water partition coefficient (Wildman–Crippen LogP) is 1.84. The molecule has 1 aliphatic heterocycles. The SMILES string of the molecule is CCOC(=O)C1CCCCN1C(=O)C1(CN)CCCCC1. The molecule has 1 heterocycles. The minimum absolute atomic E-state index is 0.0856. The van der Waals surface area contributed by atoms with E-state index in [1.165, 1.54) is 6.42 Å². The zero-order chi connectivity index (χ0) is 15.3. The normalized spacial score (nSPS) is 25.4. The van der Waals surface area contributed by atoms with Crippen molar-refractivity contribution in [1.82, 2.24) is 4.90 Å². The Hall–Kier alpha value is -1.10. The summed E-state index contributed by atoms with van der Waals surface area (Å²) in [7, 11) is 0. The Balaban J connectivity index is 2.15. The van der Waals surface area contributed by atoms with Crippen LogP contribution in [0, 0.1) is 5.41 Å². The van der Waals surface area contributed by atoms with Gasteiger partial charge in [0, 0.05) is 13.1 Å². The van der Waals surface area contributed by atoms with E-state index in [9.17, 15) is 9.59 Å². The second kappa shape index (κ2) is 7.25. The third kappa shape index (κ3) is 3.39. The number of hydrogen-bond donors (Lipinski definition) is 1. The number of rotatable bonds is 4. The van der Waals surface area contributed by atoms with Crippen LogP contribution >= 0.6 is 0 Å². The largest absolute Gasteiger partial charge is 0.464 e.